The summed E-state index contributed by atoms with van der Waals surface area (Å²) >= 11 is 0. The fourth-order valence-electron chi connectivity index (χ4n) is 2.71. The molecule has 2 N–H and O–H groups in total. The Kier molecular flexibility index (Phi) is 4.96. The van der Waals surface area contributed by atoms with Gasteiger partial charge in [0, 0.05) is 12.5 Å². The summed E-state index contributed by atoms with van der Waals surface area (Å²) in [5.41, 5.74) is 1.88. The third-order valence-electron chi connectivity index (χ3n) is 3.98. The van der Waals surface area contributed by atoms with Crippen LogP contribution in [0.3, 0.4) is 0 Å². The zero-order valence-corrected chi connectivity index (χ0v) is 13.6. The molecule has 2 atom stereocenters. The number of carbonyl (C=O) groups excluding carboxylic acids is 1. The second-order valence-electron chi connectivity index (χ2n) is 6.03. The van der Waals surface area contributed by atoms with E-state index < -0.39 is 6.10 Å². The van der Waals surface area contributed by atoms with Gasteiger partial charge in [0.2, 0.25) is 5.91 Å². The molecule has 0 saturated carbocycles. The molecule has 0 radical (unpaired) electrons. The first-order valence-electron chi connectivity index (χ1n) is 8.10. The van der Waals surface area contributed by atoms with Gasteiger partial charge in [0.05, 0.1) is 6.10 Å². The van der Waals surface area contributed by atoms with Crippen molar-refractivity contribution in [3.63, 3.8) is 0 Å². The zero-order valence-electron chi connectivity index (χ0n) is 13.6. The number of ether oxygens (including phenoxy) is 1. The number of aryl methyl sites for hydroxylation is 1. The molecule has 1 unspecified atom stereocenters. The van der Waals surface area contributed by atoms with E-state index in [1.165, 1.54) is 0 Å². The van der Waals surface area contributed by atoms with Crippen LogP contribution in [0.4, 0.5) is 0 Å². The van der Waals surface area contributed by atoms with E-state index in [-0.39, 0.29) is 11.9 Å². The fraction of sp³-hybridized carbons (Fsp3) is 0.250. The Hall–Kier alpha value is -2.59. The number of aliphatic hydroxyl groups excluding tert-OH is 1. The molecule has 4 nitrogen and oxygen atoms in total. The topological polar surface area (TPSA) is 58.6 Å². The van der Waals surface area contributed by atoms with Crippen LogP contribution in [-0.4, -0.2) is 17.1 Å². The number of aliphatic hydroxyl groups is 1. The first-order valence-corrected chi connectivity index (χ1v) is 8.10. The van der Waals surface area contributed by atoms with Gasteiger partial charge in [-0.15, -0.1) is 0 Å². The van der Waals surface area contributed by atoms with Crippen LogP contribution in [0.5, 0.6) is 11.5 Å². The normalized spacial score (nSPS) is 18.6. The second-order valence-corrected chi connectivity index (χ2v) is 6.03. The van der Waals surface area contributed by atoms with Crippen LogP contribution in [0.1, 0.15) is 30.1 Å². The van der Waals surface area contributed by atoms with Crippen LogP contribution in [0.15, 0.2) is 60.7 Å². The summed E-state index contributed by atoms with van der Waals surface area (Å²) in [6, 6.07) is 15.2. The molecule has 1 amide bonds. The Morgan fingerprint density at radius 3 is 2.67 bits per heavy atom. The summed E-state index contributed by atoms with van der Waals surface area (Å²) in [4.78, 5) is 11.2. The van der Waals surface area contributed by atoms with E-state index in [4.69, 9.17) is 4.74 Å². The Bertz CT molecular complexity index is 754. The maximum Gasteiger partial charge on any atom is 0.220 e. The van der Waals surface area contributed by atoms with Crippen LogP contribution in [0, 0.1) is 6.92 Å². The minimum Gasteiger partial charge on any atom is -0.457 e. The quantitative estimate of drug-likeness (QED) is 0.826. The van der Waals surface area contributed by atoms with E-state index in [2.05, 4.69) is 5.32 Å². The lowest BCUT2D eigenvalue weighted by Gasteiger charge is -2.11. The van der Waals surface area contributed by atoms with Crippen molar-refractivity contribution in [1.82, 2.24) is 5.32 Å². The molecule has 2 aromatic carbocycles. The van der Waals surface area contributed by atoms with E-state index in [0.29, 0.717) is 12.2 Å². The molecule has 0 spiro atoms. The maximum absolute atomic E-state index is 11.2. The molecule has 1 aliphatic heterocycles. The summed E-state index contributed by atoms with van der Waals surface area (Å²) in [5.74, 6) is 1.51. The molecule has 0 aromatic heterocycles. The minimum atomic E-state index is -0.733. The summed E-state index contributed by atoms with van der Waals surface area (Å²) in [6.07, 6.45) is 4.15. The molecule has 1 aliphatic rings. The van der Waals surface area contributed by atoms with E-state index in [1.54, 1.807) is 6.08 Å². The van der Waals surface area contributed by atoms with Gasteiger partial charge in [0.1, 0.15) is 11.5 Å². The molecule has 2 aromatic rings. The molecule has 1 saturated heterocycles. The number of amides is 1. The van der Waals surface area contributed by atoms with Gasteiger partial charge < -0.3 is 15.2 Å². The minimum absolute atomic E-state index is 0.0128. The van der Waals surface area contributed by atoms with Gasteiger partial charge in [-0.05, 0) is 48.7 Å². The SMILES string of the molecule is Cc1cccc(Oc2cccc(C(O)/C=C/[C@H]3CCC(=O)N3)c2)c1. The van der Waals surface area contributed by atoms with Gasteiger partial charge in [-0.1, -0.05) is 36.4 Å². The van der Waals surface area contributed by atoms with Crippen LogP contribution >= 0.6 is 0 Å². The molecule has 0 bridgehead atoms. The lowest BCUT2D eigenvalue weighted by Crippen LogP contribution is -2.23. The van der Waals surface area contributed by atoms with Gasteiger partial charge in [0.25, 0.3) is 0 Å². The largest absolute Gasteiger partial charge is 0.457 e. The first kappa shape index (κ1) is 16.3. The zero-order chi connectivity index (χ0) is 16.9. The highest BCUT2D eigenvalue weighted by atomic mass is 16.5. The number of rotatable bonds is 5. The molecule has 124 valence electrons. The van der Waals surface area contributed by atoms with Gasteiger partial charge in [-0.2, -0.15) is 0 Å². The second kappa shape index (κ2) is 7.32. The van der Waals surface area contributed by atoms with E-state index >= 15 is 0 Å². The lowest BCUT2D eigenvalue weighted by atomic mass is 10.1. The Morgan fingerprint density at radius 2 is 1.96 bits per heavy atom. The highest BCUT2D eigenvalue weighted by Crippen LogP contribution is 2.26. The predicted molar refractivity (Wildman–Crippen MR) is 93.0 cm³/mol. The van der Waals surface area contributed by atoms with Crippen LogP contribution in [-0.2, 0) is 4.79 Å². The fourth-order valence-corrected chi connectivity index (χ4v) is 2.71. The standard InChI is InChI=1S/C20H21NO3/c1-14-4-2-6-17(12-14)24-18-7-3-5-15(13-18)19(22)10-8-16-9-11-20(23)21-16/h2-8,10,12-13,16,19,22H,9,11H2,1H3,(H,21,23)/b10-8+/t16-,19?/m0/s1. The summed E-state index contributed by atoms with van der Waals surface area (Å²) < 4.78 is 5.85. The van der Waals surface area contributed by atoms with Crippen molar-refractivity contribution in [2.45, 2.75) is 31.9 Å². The predicted octanol–water partition coefficient (Wildman–Crippen LogP) is 3.66. The van der Waals surface area contributed by atoms with Crippen LogP contribution < -0.4 is 10.1 Å². The van der Waals surface area contributed by atoms with Crippen molar-refractivity contribution >= 4 is 5.91 Å². The molecular formula is C20H21NO3. The molecule has 4 heteroatoms. The summed E-state index contributed by atoms with van der Waals surface area (Å²) in [5, 5.41) is 13.2. The van der Waals surface area contributed by atoms with Crippen molar-refractivity contribution in [2.75, 3.05) is 0 Å². The monoisotopic (exact) mass is 323 g/mol. The van der Waals surface area contributed by atoms with Crippen molar-refractivity contribution in [3.8, 4) is 11.5 Å². The molecule has 1 heterocycles. The molecular weight excluding hydrogens is 302 g/mol. The summed E-state index contributed by atoms with van der Waals surface area (Å²) in [7, 11) is 0. The van der Waals surface area contributed by atoms with Crippen molar-refractivity contribution < 1.29 is 14.6 Å². The third kappa shape index (κ3) is 4.24. The number of benzene rings is 2. The average Bonchev–Trinajstić information content (AvgIpc) is 2.98. The van der Waals surface area contributed by atoms with E-state index in [0.717, 1.165) is 23.3 Å². The molecule has 0 aliphatic carbocycles. The number of hydrogen-bond donors (Lipinski definition) is 2. The van der Waals surface area contributed by atoms with Crippen molar-refractivity contribution in [2.24, 2.45) is 0 Å². The number of carbonyl (C=O) groups is 1. The molecule has 3 rings (SSSR count). The van der Waals surface area contributed by atoms with Crippen molar-refractivity contribution in [3.05, 3.63) is 71.8 Å². The van der Waals surface area contributed by atoms with Crippen LogP contribution in [0.2, 0.25) is 0 Å². The van der Waals surface area contributed by atoms with E-state index in [9.17, 15) is 9.90 Å². The Labute approximate surface area is 141 Å². The van der Waals surface area contributed by atoms with Gasteiger partial charge in [-0.3, -0.25) is 4.79 Å². The molecule has 24 heavy (non-hydrogen) atoms. The Balaban J connectivity index is 1.68. The number of hydrogen-bond acceptors (Lipinski definition) is 3. The number of nitrogens with one attached hydrogen (secondary N) is 1. The maximum atomic E-state index is 11.2. The van der Waals surface area contributed by atoms with Gasteiger partial charge in [0.15, 0.2) is 0 Å². The Morgan fingerprint density at radius 1 is 1.21 bits per heavy atom. The van der Waals surface area contributed by atoms with Crippen LogP contribution in [0.25, 0.3) is 0 Å². The first-order chi connectivity index (χ1) is 11.6. The smallest absolute Gasteiger partial charge is 0.220 e. The van der Waals surface area contributed by atoms with E-state index in [1.807, 2.05) is 61.5 Å². The highest BCUT2D eigenvalue weighted by molar-refractivity contribution is 5.78. The average molecular weight is 323 g/mol. The van der Waals surface area contributed by atoms with Gasteiger partial charge in [-0.25, -0.2) is 0 Å². The van der Waals surface area contributed by atoms with Gasteiger partial charge >= 0.3 is 0 Å². The molecule has 1 fully saturated rings. The van der Waals surface area contributed by atoms with Crippen molar-refractivity contribution in [1.29, 1.82) is 0 Å². The highest BCUT2D eigenvalue weighted by Gasteiger charge is 2.18. The summed E-state index contributed by atoms with van der Waals surface area (Å²) in [6.45, 7) is 2.01. The lowest BCUT2D eigenvalue weighted by molar-refractivity contribution is -0.119. The third-order valence-corrected chi connectivity index (χ3v) is 3.98.